The molecule has 2 rings (SSSR count). The van der Waals surface area contributed by atoms with E-state index in [9.17, 15) is 13.2 Å². The minimum atomic E-state index is -4.60. The van der Waals surface area contributed by atoms with Gasteiger partial charge in [-0.15, -0.1) is 0 Å². The van der Waals surface area contributed by atoms with Crippen LogP contribution in [0.15, 0.2) is 40.2 Å². The van der Waals surface area contributed by atoms with Gasteiger partial charge in [-0.25, -0.2) is 4.68 Å². The normalized spacial score (nSPS) is 12.7. The number of nitrogens with two attached hydrogens (primary N) is 1. The Kier molecular flexibility index (Phi) is 3.71. The number of hydrogen-bond donors (Lipinski definition) is 2. The summed E-state index contributed by atoms with van der Waals surface area (Å²) in [5.41, 5.74) is 4.26. The van der Waals surface area contributed by atoms with Gasteiger partial charge in [0.25, 0.3) is 0 Å². The van der Waals surface area contributed by atoms with Crippen LogP contribution in [0.25, 0.3) is 5.69 Å². The molecule has 0 aliphatic heterocycles. The Bertz CT molecular complexity index is 666. The van der Waals surface area contributed by atoms with Gasteiger partial charge in [0.2, 0.25) is 0 Å². The summed E-state index contributed by atoms with van der Waals surface area (Å²) in [6.07, 6.45) is -1.55. The molecular weight excluding hydrogens is 341 g/mol. The molecule has 3 N–H and O–H groups in total. The smallest absolute Gasteiger partial charge is 0.409 e. The predicted octanol–water partition coefficient (Wildman–Crippen LogP) is 2.75. The van der Waals surface area contributed by atoms with Crippen LogP contribution in [0.5, 0.6) is 0 Å². The molecule has 0 fully saturated rings. The lowest BCUT2D eigenvalue weighted by molar-refractivity contribution is -0.137. The van der Waals surface area contributed by atoms with Crippen LogP contribution in [0.1, 0.15) is 11.1 Å². The molecule has 0 radical (unpaired) electrons. The van der Waals surface area contributed by atoms with Crippen molar-refractivity contribution in [1.29, 1.82) is 0 Å². The van der Waals surface area contributed by atoms with Crippen LogP contribution >= 0.6 is 15.9 Å². The zero-order valence-electron chi connectivity index (χ0n) is 9.76. The molecule has 9 heteroatoms. The fourth-order valence-electron chi connectivity index (χ4n) is 1.63. The number of oxime groups is 1. The number of benzene rings is 1. The first kappa shape index (κ1) is 14.4. The second kappa shape index (κ2) is 5.16. The van der Waals surface area contributed by atoms with Crippen molar-refractivity contribution in [2.45, 2.75) is 6.18 Å². The molecule has 0 unspecified atom stereocenters. The molecule has 2 aromatic rings. The van der Waals surface area contributed by atoms with Gasteiger partial charge in [0.05, 0.1) is 21.9 Å². The summed E-state index contributed by atoms with van der Waals surface area (Å²) < 4.78 is 40.6. The van der Waals surface area contributed by atoms with Crippen molar-refractivity contribution in [3.05, 3.63) is 46.2 Å². The van der Waals surface area contributed by atoms with Gasteiger partial charge in [-0.3, -0.25) is 0 Å². The van der Waals surface area contributed by atoms with Crippen LogP contribution < -0.4 is 5.73 Å². The fourth-order valence-corrected chi connectivity index (χ4v) is 1.92. The maximum absolute atomic E-state index is 12.9. The summed E-state index contributed by atoms with van der Waals surface area (Å²) in [5, 5.41) is 15.2. The molecule has 1 heterocycles. The number of aromatic nitrogens is 2. The second-order valence-corrected chi connectivity index (χ2v) is 4.73. The molecule has 0 saturated heterocycles. The second-order valence-electron chi connectivity index (χ2n) is 3.82. The molecule has 0 aliphatic carbocycles. The van der Waals surface area contributed by atoms with Gasteiger partial charge in [0, 0.05) is 11.8 Å². The standard InChI is InChI=1S/C11H8BrF3N4O/c12-6-4-17-19(5-6)7-1-2-9(11(13,14)15)8(3-7)10(16)18-20/h1-5,20H,(H2,16,18). The SMILES string of the molecule is N/C(=N/O)c1cc(-n2cc(Br)cn2)ccc1C(F)(F)F. The van der Waals surface area contributed by atoms with Crippen LogP contribution in [0.2, 0.25) is 0 Å². The van der Waals surface area contributed by atoms with Gasteiger partial charge >= 0.3 is 6.18 Å². The van der Waals surface area contributed by atoms with Crippen LogP contribution in [0.4, 0.5) is 13.2 Å². The van der Waals surface area contributed by atoms with Gasteiger partial charge in [-0.2, -0.15) is 18.3 Å². The van der Waals surface area contributed by atoms with E-state index in [2.05, 4.69) is 26.2 Å². The maximum atomic E-state index is 12.9. The molecule has 0 saturated carbocycles. The number of alkyl halides is 3. The number of halogens is 4. The summed E-state index contributed by atoms with van der Waals surface area (Å²) in [6.45, 7) is 0. The van der Waals surface area contributed by atoms with Gasteiger partial charge in [-0.05, 0) is 34.1 Å². The number of nitrogens with zero attached hydrogens (tertiary/aromatic N) is 3. The van der Waals surface area contributed by atoms with Crippen LogP contribution in [-0.2, 0) is 6.18 Å². The van der Waals surface area contributed by atoms with E-state index < -0.39 is 23.1 Å². The minimum absolute atomic E-state index is 0.352. The van der Waals surface area contributed by atoms with Crippen LogP contribution in [0, 0.1) is 0 Å². The molecule has 0 spiro atoms. The van der Waals surface area contributed by atoms with Crippen molar-refractivity contribution in [2.24, 2.45) is 10.9 Å². The maximum Gasteiger partial charge on any atom is 0.417 e. The molecule has 1 aromatic heterocycles. The van der Waals surface area contributed by atoms with Crippen molar-refractivity contribution in [3.8, 4) is 5.69 Å². The summed E-state index contributed by atoms with van der Waals surface area (Å²) in [4.78, 5) is 0. The average molecular weight is 349 g/mol. The fraction of sp³-hybridized carbons (Fsp3) is 0.0909. The van der Waals surface area contributed by atoms with Crippen molar-refractivity contribution >= 4 is 21.8 Å². The van der Waals surface area contributed by atoms with E-state index in [1.807, 2.05) is 0 Å². The molecule has 5 nitrogen and oxygen atoms in total. The molecular formula is C11H8BrF3N4O. The van der Waals surface area contributed by atoms with Crippen molar-refractivity contribution in [1.82, 2.24) is 9.78 Å². The van der Waals surface area contributed by atoms with E-state index in [-0.39, 0.29) is 0 Å². The van der Waals surface area contributed by atoms with E-state index in [0.29, 0.717) is 10.2 Å². The Morgan fingerprint density at radius 2 is 2.10 bits per heavy atom. The summed E-state index contributed by atoms with van der Waals surface area (Å²) in [7, 11) is 0. The lowest BCUT2D eigenvalue weighted by Gasteiger charge is -2.13. The topological polar surface area (TPSA) is 76.4 Å². The van der Waals surface area contributed by atoms with Crippen molar-refractivity contribution < 1.29 is 18.4 Å². The molecule has 106 valence electrons. The van der Waals surface area contributed by atoms with E-state index >= 15 is 0 Å². The lowest BCUT2D eigenvalue weighted by atomic mass is 10.1. The molecule has 0 amide bonds. The highest BCUT2D eigenvalue weighted by atomic mass is 79.9. The first-order valence-electron chi connectivity index (χ1n) is 5.22. The third kappa shape index (κ3) is 2.77. The molecule has 1 aromatic carbocycles. The largest absolute Gasteiger partial charge is 0.417 e. The zero-order chi connectivity index (χ0) is 14.9. The Labute approximate surface area is 119 Å². The van der Waals surface area contributed by atoms with Gasteiger partial charge in [0.15, 0.2) is 5.84 Å². The molecule has 0 bridgehead atoms. The van der Waals surface area contributed by atoms with E-state index in [1.165, 1.54) is 16.9 Å². The highest BCUT2D eigenvalue weighted by molar-refractivity contribution is 9.10. The summed E-state index contributed by atoms with van der Waals surface area (Å²) in [6, 6.07) is 3.26. The van der Waals surface area contributed by atoms with Gasteiger partial charge in [-0.1, -0.05) is 5.16 Å². The third-order valence-corrected chi connectivity index (χ3v) is 2.92. The van der Waals surface area contributed by atoms with Gasteiger partial charge in [0.1, 0.15) is 0 Å². The summed E-state index contributed by atoms with van der Waals surface area (Å²) in [5.74, 6) is -0.620. The van der Waals surface area contributed by atoms with E-state index in [1.54, 1.807) is 6.20 Å². The van der Waals surface area contributed by atoms with E-state index in [0.717, 1.165) is 12.1 Å². The van der Waals surface area contributed by atoms with E-state index in [4.69, 9.17) is 10.9 Å². The number of hydrogen-bond acceptors (Lipinski definition) is 3. The average Bonchev–Trinajstić information content (AvgIpc) is 2.82. The number of rotatable bonds is 2. The van der Waals surface area contributed by atoms with Gasteiger partial charge < -0.3 is 10.9 Å². The monoisotopic (exact) mass is 348 g/mol. The third-order valence-electron chi connectivity index (χ3n) is 2.51. The number of amidine groups is 1. The Hall–Kier alpha value is -2.03. The Morgan fingerprint density at radius 3 is 2.60 bits per heavy atom. The lowest BCUT2D eigenvalue weighted by Crippen LogP contribution is -2.20. The Morgan fingerprint density at radius 1 is 1.40 bits per heavy atom. The summed E-state index contributed by atoms with van der Waals surface area (Å²) >= 11 is 3.19. The first-order valence-corrected chi connectivity index (χ1v) is 6.02. The zero-order valence-corrected chi connectivity index (χ0v) is 11.4. The molecule has 20 heavy (non-hydrogen) atoms. The predicted molar refractivity (Wildman–Crippen MR) is 68.8 cm³/mol. The highest BCUT2D eigenvalue weighted by Gasteiger charge is 2.34. The van der Waals surface area contributed by atoms with Crippen LogP contribution in [-0.4, -0.2) is 20.8 Å². The molecule has 0 atom stereocenters. The van der Waals surface area contributed by atoms with Crippen LogP contribution in [0.3, 0.4) is 0 Å². The Balaban J connectivity index is 2.60. The highest BCUT2D eigenvalue weighted by Crippen LogP contribution is 2.33. The van der Waals surface area contributed by atoms with Crippen molar-refractivity contribution in [2.75, 3.05) is 0 Å². The van der Waals surface area contributed by atoms with Crippen molar-refractivity contribution in [3.63, 3.8) is 0 Å². The first-order chi connectivity index (χ1) is 9.32. The minimum Gasteiger partial charge on any atom is -0.409 e. The quantitative estimate of drug-likeness (QED) is 0.379. The molecule has 0 aliphatic rings.